The number of anilines is 1. The van der Waals surface area contributed by atoms with Crippen molar-refractivity contribution in [2.75, 3.05) is 45.2 Å². The zero-order valence-corrected chi connectivity index (χ0v) is 17.1. The van der Waals surface area contributed by atoms with E-state index in [2.05, 4.69) is 33.9 Å². The summed E-state index contributed by atoms with van der Waals surface area (Å²) >= 11 is 0. The predicted octanol–water partition coefficient (Wildman–Crippen LogP) is 1.52. The maximum absolute atomic E-state index is 12.5. The molecule has 0 radical (unpaired) electrons. The number of rotatable bonds is 8. The average Bonchev–Trinajstić information content (AvgIpc) is 2.63. The molecule has 7 nitrogen and oxygen atoms in total. The van der Waals surface area contributed by atoms with Crippen LogP contribution in [0.3, 0.4) is 0 Å². The lowest BCUT2D eigenvalue weighted by Gasteiger charge is -2.45. The van der Waals surface area contributed by atoms with Crippen LogP contribution in [-0.2, 0) is 10.0 Å². The molecule has 152 valence electrons. The lowest BCUT2D eigenvalue weighted by molar-refractivity contribution is 0.00746. The molecule has 2 fully saturated rings. The number of hydrogen-bond donors (Lipinski definition) is 3. The molecule has 0 bridgehead atoms. The van der Waals surface area contributed by atoms with Crippen LogP contribution >= 0.6 is 0 Å². The van der Waals surface area contributed by atoms with Gasteiger partial charge >= 0.3 is 0 Å². The third-order valence-electron chi connectivity index (χ3n) is 5.88. The highest BCUT2D eigenvalue weighted by molar-refractivity contribution is 7.89. The van der Waals surface area contributed by atoms with Gasteiger partial charge in [0.25, 0.3) is 0 Å². The molecule has 2 aliphatic rings. The molecule has 3 rings (SSSR count). The van der Waals surface area contributed by atoms with Gasteiger partial charge in [0.1, 0.15) is 10.7 Å². The molecule has 27 heavy (non-hydrogen) atoms. The van der Waals surface area contributed by atoms with Crippen molar-refractivity contribution >= 4 is 15.8 Å². The number of hydrogen-bond acceptors (Lipinski definition) is 6. The summed E-state index contributed by atoms with van der Waals surface area (Å²) in [6.45, 7) is 5.48. The van der Waals surface area contributed by atoms with Crippen LogP contribution in [-0.4, -0.2) is 63.2 Å². The standard InChI is InChI=1S/C19H32N4O3S/c1-15-8-19(9-15,14-24)13-22-27(25,26)17-5-6-18(21-11-17)20-10-16-4-3-7-23(2)12-16/h5-6,11,15-16,22,24H,3-4,7-10,12-14H2,1-2H3,(H,20,21). The van der Waals surface area contributed by atoms with Gasteiger partial charge in [-0.25, -0.2) is 18.1 Å². The van der Waals surface area contributed by atoms with E-state index in [1.807, 2.05) is 0 Å². The van der Waals surface area contributed by atoms with Crippen LogP contribution < -0.4 is 10.0 Å². The van der Waals surface area contributed by atoms with Gasteiger partial charge in [0, 0.05) is 37.9 Å². The highest BCUT2D eigenvalue weighted by atomic mass is 32.2. The number of aliphatic hydroxyl groups excluding tert-OH is 1. The van der Waals surface area contributed by atoms with Gasteiger partial charge in [-0.1, -0.05) is 6.92 Å². The normalized spacial score (nSPS) is 29.3. The Labute approximate surface area is 162 Å². The second-order valence-corrected chi connectivity index (χ2v) is 10.3. The lowest BCUT2D eigenvalue weighted by atomic mass is 9.63. The molecule has 3 N–H and O–H groups in total. The van der Waals surface area contributed by atoms with Gasteiger partial charge in [0.2, 0.25) is 10.0 Å². The first-order chi connectivity index (χ1) is 12.8. The Bertz CT molecular complexity index is 717. The number of sulfonamides is 1. The van der Waals surface area contributed by atoms with E-state index in [9.17, 15) is 13.5 Å². The van der Waals surface area contributed by atoms with Crippen molar-refractivity contribution in [1.82, 2.24) is 14.6 Å². The minimum atomic E-state index is -3.61. The van der Waals surface area contributed by atoms with Crippen LogP contribution in [0.2, 0.25) is 0 Å². The maximum atomic E-state index is 12.5. The van der Waals surface area contributed by atoms with Crippen LogP contribution in [0.25, 0.3) is 0 Å². The summed E-state index contributed by atoms with van der Waals surface area (Å²) in [5.41, 5.74) is -0.311. The van der Waals surface area contributed by atoms with Crippen LogP contribution in [0.15, 0.2) is 23.2 Å². The number of aliphatic hydroxyl groups is 1. The lowest BCUT2D eigenvalue weighted by Crippen LogP contribution is -2.48. The Balaban J connectivity index is 1.52. The van der Waals surface area contributed by atoms with Gasteiger partial charge in [0.05, 0.1) is 0 Å². The van der Waals surface area contributed by atoms with Crippen molar-refractivity contribution in [3.63, 3.8) is 0 Å². The first-order valence-electron chi connectivity index (χ1n) is 9.81. The van der Waals surface area contributed by atoms with Crippen molar-refractivity contribution in [3.05, 3.63) is 18.3 Å². The van der Waals surface area contributed by atoms with Crippen LogP contribution in [0.4, 0.5) is 5.82 Å². The van der Waals surface area contributed by atoms with Crippen molar-refractivity contribution < 1.29 is 13.5 Å². The fourth-order valence-electron chi connectivity index (χ4n) is 4.41. The second kappa shape index (κ2) is 8.43. The largest absolute Gasteiger partial charge is 0.396 e. The van der Waals surface area contributed by atoms with Gasteiger partial charge in [-0.3, -0.25) is 0 Å². The molecule has 1 saturated heterocycles. The number of nitrogens with one attached hydrogen (secondary N) is 2. The molecule has 1 unspecified atom stereocenters. The summed E-state index contributed by atoms with van der Waals surface area (Å²) in [5.74, 6) is 1.83. The molecule has 0 spiro atoms. The SMILES string of the molecule is CC1CC(CO)(CNS(=O)(=O)c2ccc(NCC3CCCN(C)C3)nc2)C1. The Hall–Kier alpha value is -1.22. The van der Waals surface area contributed by atoms with E-state index in [-0.39, 0.29) is 23.5 Å². The maximum Gasteiger partial charge on any atom is 0.242 e. The van der Waals surface area contributed by atoms with E-state index in [4.69, 9.17) is 0 Å². The number of aromatic nitrogens is 1. The molecular weight excluding hydrogens is 364 g/mol. The third kappa shape index (κ3) is 5.19. The summed E-state index contributed by atoms with van der Waals surface area (Å²) in [5, 5.41) is 12.9. The van der Waals surface area contributed by atoms with Gasteiger partial charge < -0.3 is 15.3 Å². The zero-order chi connectivity index (χ0) is 19.5. The quantitative estimate of drug-likeness (QED) is 0.617. The number of piperidine rings is 1. The molecule has 1 aromatic heterocycles. The van der Waals surface area contributed by atoms with Crippen molar-refractivity contribution in [2.45, 2.75) is 37.5 Å². The molecule has 0 amide bonds. The molecule has 1 saturated carbocycles. The Morgan fingerprint density at radius 1 is 1.37 bits per heavy atom. The van der Waals surface area contributed by atoms with Crippen LogP contribution in [0, 0.1) is 17.3 Å². The second-order valence-electron chi connectivity index (χ2n) is 8.53. The average molecular weight is 397 g/mol. The van der Waals surface area contributed by atoms with Crippen LogP contribution in [0.5, 0.6) is 0 Å². The Morgan fingerprint density at radius 3 is 2.74 bits per heavy atom. The van der Waals surface area contributed by atoms with Gasteiger partial charge in [0.15, 0.2) is 0 Å². The van der Waals surface area contributed by atoms with Crippen LogP contribution in [0.1, 0.15) is 32.6 Å². The van der Waals surface area contributed by atoms with Crippen molar-refractivity contribution in [3.8, 4) is 0 Å². The fraction of sp³-hybridized carbons (Fsp3) is 0.737. The molecule has 1 aliphatic carbocycles. The number of pyridine rings is 1. The van der Waals surface area contributed by atoms with Gasteiger partial charge in [-0.15, -0.1) is 0 Å². The summed E-state index contributed by atoms with van der Waals surface area (Å²) in [6.07, 6.45) is 5.52. The zero-order valence-electron chi connectivity index (χ0n) is 16.3. The van der Waals surface area contributed by atoms with Gasteiger partial charge in [-0.05, 0) is 63.2 Å². The van der Waals surface area contributed by atoms with E-state index in [1.54, 1.807) is 12.1 Å². The summed E-state index contributed by atoms with van der Waals surface area (Å²) in [4.78, 5) is 6.76. The molecule has 1 atom stereocenters. The smallest absolute Gasteiger partial charge is 0.242 e. The molecular formula is C19H32N4O3S. The van der Waals surface area contributed by atoms with E-state index in [0.29, 0.717) is 17.7 Å². The topological polar surface area (TPSA) is 94.6 Å². The minimum Gasteiger partial charge on any atom is -0.396 e. The summed E-state index contributed by atoms with van der Waals surface area (Å²) < 4.78 is 27.7. The minimum absolute atomic E-state index is 0.0112. The summed E-state index contributed by atoms with van der Waals surface area (Å²) in [7, 11) is -1.47. The highest BCUT2D eigenvalue weighted by Gasteiger charge is 2.42. The van der Waals surface area contributed by atoms with E-state index >= 15 is 0 Å². The molecule has 8 heteroatoms. The predicted molar refractivity (Wildman–Crippen MR) is 106 cm³/mol. The number of nitrogens with zero attached hydrogens (tertiary/aromatic N) is 2. The Kier molecular flexibility index (Phi) is 6.40. The highest BCUT2D eigenvalue weighted by Crippen LogP contribution is 2.44. The molecule has 1 aliphatic heterocycles. The van der Waals surface area contributed by atoms with Crippen molar-refractivity contribution in [2.24, 2.45) is 17.3 Å². The van der Waals surface area contributed by atoms with E-state index in [1.165, 1.54) is 19.0 Å². The summed E-state index contributed by atoms with van der Waals surface area (Å²) in [6, 6.07) is 3.30. The molecule has 0 aromatic carbocycles. The Morgan fingerprint density at radius 2 is 2.15 bits per heavy atom. The molecule has 1 aromatic rings. The first-order valence-corrected chi connectivity index (χ1v) is 11.3. The number of likely N-dealkylation sites (tertiary alicyclic amines) is 1. The monoisotopic (exact) mass is 396 g/mol. The third-order valence-corrected chi connectivity index (χ3v) is 7.26. The molecule has 2 heterocycles. The van der Waals surface area contributed by atoms with Gasteiger partial charge in [-0.2, -0.15) is 0 Å². The first kappa shape index (κ1) is 20.5. The van der Waals surface area contributed by atoms with E-state index < -0.39 is 10.0 Å². The van der Waals surface area contributed by atoms with E-state index in [0.717, 1.165) is 32.5 Å². The van der Waals surface area contributed by atoms with Crippen molar-refractivity contribution in [1.29, 1.82) is 0 Å². The fourth-order valence-corrected chi connectivity index (χ4v) is 5.51.